The average molecular weight is 733 g/mol. The number of H-pyrrole nitrogens is 1. The van der Waals surface area contributed by atoms with Crippen LogP contribution < -0.4 is 11.3 Å². The van der Waals surface area contributed by atoms with Crippen LogP contribution in [-0.4, -0.2) is 20.0 Å². The highest BCUT2D eigenvalue weighted by Gasteiger charge is 2.24. The van der Waals surface area contributed by atoms with E-state index < -0.39 is 0 Å². The number of aromatic hydroxyl groups is 2. The zero-order chi connectivity index (χ0) is 33.0. The molecule has 6 rings (SSSR count). The summed E-state index contributed by atoms with van der Waals surface area (Å²) in [6, 6.07) is 17.2. The van der Waals surface area contributed by atoms with Crippen molar-refractivity contribution in [2.24, 2.45) is 22.1 Å². The molecule has 4 aromatic rings. The molecule has 0 atom stereocenters. The predicted molar refractivity (Wildman–Crippen MR) is 208 cm³/mol. The average Bonchev–Trinajstić information content (AvgIpc) is 3.33. The fourth-order valence-corrected chi connectivity index (χ4v) is 6.82. The van der Waals surface area contributed by atoms with Crippen LogP contribution in [0, 0.1) is 32.6 Å². The molecule has 49 heavy (non-hydrogen) atoms. The highest BCUT2D eigenvalue weighted by atomic mass is 35.5. The second kappa shape index (κ2) is 18.5. The third kappa shape index (κ3) is 9.83. The largest absolute Gasteiger partial charge is 0.505 e. The lowest BCUT2D eigenvalue weighted by atomic mass is 9.79. The number of anilines is 1. The van der Waals surface area contributed by atoms with E-state index in [4.69, 9.17) is 5.73 Å². The van der Waals surface area contributed by atoms with E-state index in [0.717, 1.165) is 47.1 Å². The number of nitrogen functional groups attached to an aromatic ring is 1. The van der Waals surface area contributed by atoms with Crippen molar-refractivity contribution in [1.82, 2.24) is 9.78 Å². The van der Waals surface area contributed by atoms with Crippen molar-refractivity contribution in [2.75, 3.05) is 5.73 Å². The maximum atomic E-state index is 13.0. The molecule has 0 aliphatic heterocycles. The standard InChI is InChI=1S/C25H30N4O2.C13H19NO.3ClH/c1-15-8-11-19(12-9-15)21-6-5-7-22(24(21)30)26-27-23-18(4)28-29(25(23)31)20-13-10-16(2)17(3)14-20;1-9-5-7-10(8-6-9)11-3-2-4-12(14)13(11)15;;;/h5-7,10,13-15,19,28,30H,8-9,11-12H2,1-4H3;2-4,9-10,15H,5-8,14H2,1H3;3*1H. The zero-order valence-electron chi connectivity index (χ0n) is 29.1. The van der Waals surface area contributed by atoms with Gasteiger partial charge in [-0.2, -0.15) is 0 Å². The number of nitrogens with one attached hydrogen (secondary N) is 1. The molecule has 3 aromatic carbocycles. The Balaban J connectivity index is 0.000000393. The molecule has 0 radical (unpaired) electrons. The number of nitrogens with zero attached hydrogens (tertiary/aromatic N) is 3. The summed E-state index contributed by atoms with van der Waals surface area (Å²) >= 11 is 0. The van der Waals surface area contributed by atoms with Crippen LogP contribution in [0.3, 0.4) is 0 Å². The smallest absolute Gasteiger partial charge is 0.299 e. The normalized spacial score (nSPS) is 20.3. The Labute approximate surface area is 308 Å². The summed E-state index contributed by atoms with van der Waals surface area (Å²) in [5.41, 5.74) is 12.2. The van der Waals surface area contributed by atoms with Crippen LogP contribution in [0.15, 0.2) is 69.6 Å². The third-order valence-corrected chi connectivity index (χ3v) is 10.1. The molecule has 8 nitrogen and oxygen atoms in total. The van der Waals surface area contributed by atoms with Crippen LogP contribution in [-0.2, 0) is 0 Å². The SMILES string of the molecule is CC1CCC(c2cccc(N)c2O)CC1.Cc1ccc(-n2[nH]c(C)c(N=Nc3cccc(C4CCC(C)CC4)c3O)c2=O)cc1C.Cl.Cl.Cl. The van der Waals surface area contributed by atoms with E-state index in [2.05, 4.69) is 29.2 Å². The minimum atomic E-state index is -0.263. The molecule has 0 unspecified atom stereocenters. The number of aryl methyl sites for hydroxylation is 3. The second-order valence-electron chi connectivity index (χ2n) is 13.6. The van der Waals surface area contributed by atoms with Gasteiger partial charge in [0.1, 0.15) is 17.2 Å². The van der Waals surface area contributed by atoms with Crippen molar-refractivity contribution in [3.05, 3.63) is 92.9 Å². The van der Waals surface area contributed by atoms with Gasteiger partial charge >= 0.3 is 0 Å². The number of aromatic nitrogens is 2. The molecule has 0 saturated heterocycles. The monoisotopic (exact) mass is 731 g/mol. The van der Waals surface area contributed by atoms with Crippen molar-refractivity contribution in [3.8, 4) is 17.2 Å². The first kappa shape index (κ1) is 41.7. The maximum Gasteiger partial charge on any atom is 0.299 e. The molecule has 0 bridgehead atoms. The second-order valence-corrected chi connectivity index (χ2v) is 13.6. The molecule has 0 spiro atoms. The molecule has 1 aromatic heterocycles. The number of benzene rings is 3. The van der Waals surface area contributed by atoms with Gasteiger partial charge in [0.05, 0.1) is 17.1 Å². The van der Waals surface area contributed by atoms with Crippen LogP contribution in [0.4, 0.5) is 17.1 Å². The number of nitrogens with two attached hydrogens (primary N) is 1. The summed E-state index contributed by atoms with van der Waals surface area (Å²) in [6.07, 6.45) is 9.39. The molecule has 268 valence electrons. The van der Waals surface area contributed by atoms with Gasteiger partial charge < -0.3 is 15.9 Å². The van der Waals surface area contributed by atoms with Gasteiger partial charge in [-0.3, -0.25) is 9.89 Å². The van der Waals surface area contributed by atoms with Gasteiger partial charge in [-0.05, 0) is 117 Å². The summed E-state index contributed by atoms with van der Waals surface area (Å²) in [5.74, 6) is 2.92. The van der Waals surface area contributed by atoms with Crippen LogP contribution in [0.1, 0.15) is 105 Å². The lowest BCUT2D eigenvalue weighted by Crippen LogP contribution is -2.14. The molecule has 2 aliphatic carbocycles. The van der Waals surface area contributed by atoms with E-state index in [1.807, 2.05) is 56.3 Å². The fraction of sp³-hybridized carbons (Fsp3) is 0.447. The Kier molecular flexibility index (Phi) is 15.8. The number of phenolic OH excluding ortho intramolecular Hbond substituents is 2. The van der Waals surface area contributed by atoms with E-state index in [1.165, 1.54) is 48.8 Å². The number of hydrogen-bond donors (Lipinski definition) is 4. The molecule has 5 N–H and O–H groups in total. The summed E-state index contributed by atoms with van der Waals surface area (Å²) < 4.78 is 1.48. The molecule has 1 heterocycles. The van der Waals surface area contributed by atoms with Crippen LogP contribution >= 0.6 is 37.2 Å². The molecule has 2 saturated carbocycles. The van der Waals surface area contributed by atoms with Gasteiger partial charge in [-0.1, -0.05) is 69.9 Å². The number of azo groups is 1. The van der Waals surface area contributed by atoms with Gasteiger partial charge in [-0.25, -0.2) is 4.68 Å². The zero-order valence-corrected chi connectivity index (χ0v) is 31.6. The first-order chi connectivity index (χ1) is 22.0. The summed E-state index contributed by atoms with van der Waals surface area (Å²) in [5, 5.41) is 32.3. The number of phenols is 2. The summed E-state index contributed by atoms with van der Waals surface area (Å²) in [7, 11) is 0. The fourth-order valence-electron chi connectivity index (χ4n) is 6.82. The van der Waals surface area contributed by atoms with Crippen LogP contribution in [0.2, 0.25) is 0 Å². The van der Waals surface area contributed by atoms with E-state index in [-0.39, 0.29) is 54.2 Å². The molecule has 2 aliphatic rings. The lowest BCUT2D eigenvalue weighted by Gasteiger charge is -2.27. The third-order valence-electron chi connectivity index (χ3n) is 10.1. The highest BCUT2D eigenvalue weighted by molar-refractivity contribution is 5.86. The van der Waals surface area contributed by atoms with Crippen LogP contribution in [0.5, 0.6) is 11.5 Å². The number of hydrogen-bond acceptors (Lipinski definition) is 6. The van der Waals surface area contributed by atoms with Gasteiger partial charge in [0.25, 0.3) is 5.56 Å². The van der Waals surface area contributed by atoms with Gasteiger partial charge in [0.15, 0.2) is 5.69 Å². The van der Waals surface area contributed by atoms with E-state index in [0.29, 0.717) is 34.7 Å². The lowest BCUT2D eigenvalue weighted by molar-refractivity contribution is 0.340. The number of aromatic amines is 1. The minimum Gasteiger partial charge on any atom is -0.505 e. The van der Waals surface area contributed by atoms with Crippen molar-refractivity contribution in [2.45, 2.75) is 97.8 Å². The van der Waals surface area contributed by atoms with E-state index in [9.17, 15) is 15.0 Å². The molecule has 2 fully saturated rings. The van der Waals surface area contributed by atoms with Crippen molar-refractivity contribution in [1.29, 1.82) is 0 Å². The topological polar surface area (TPSA) is 129 Å². The number of halogens is 3. The summed E-state index contributed by atoms with van der Waals surface area (Å²) in [6.45, 7) is 10.4. The minimum absolute atomic E-state index is 0. The van der Waals surface area contributed by atoms with Crippen LogP contribution in [0.25, 0.3) is 5.69 Å². The quantitative estimate of drug-likeness (QED) is 0.0924. The van der Waals surface area contributed by atoms with E-state index >= 15 is 0 Å². The predicted octanol–water partition coefficient (Wildman–Crippen LogP) is 11.0. The van der Waals surface area contributed by atoms with E-state index in [1.54, 1.807) is 19.1 Å². The first-order valence-corrected chi connectivity index (χ1v) is 16.7. The van der Waals surface area contributed by atoms with Gasteiger partial charge in [-0.15, -0.1) is 47.4 Å². The number of para-hydroxylation sites is 2. The van der Waals surface area contributed by atoms with Crippen molar-refractivity contribution >= 4 is 54.3 Å². The van der Waals surface area contributed by atoms with Gasteiger partial charge in [0.2, 0.25) is 0 Å². The Morgan fingerprint density at radius 1 is 0.714 bits per heavy atom. The molecular formula is C38H52Cl3N5O3. The van der Waals surface area contributed by atoms with Crippen molar-refractivity contribution < 1.29 is 10.2 Å². The first-order valence-electron chi connectivity index (χ1n) is 16.7. The molecule has 0 amide bonds. The van der Waals surface area contributed by atoms with Gasteiger partial charge in [0, 0.05) is 0 Å². The number of rotatable bonds is 5. The Morgan fingerprint density at radius 3 is 1.80 bits per heavy atom. The molecule has 11 heteroatoms. The Bertz CT molecular complexity index is 1750. The van der Waals surface area contributed by atoms with Crippen molar-refractivity contribution in [3.63, 3.8) is 0 Å². The Morgan fingerprint density at radius 2 is 1.24 bits per heavy atom. The Hall–Kier alpha value is -3.46. The maximum absolute atomic E-state index is 13.0. The highest BCUT2D eigenvalue weighted by Crippen LogP contribution is 2.43. The summed E-state index contributed by atoms with van der Waals surface area (Å²) in [4.78, 5) is 13.0. The molecular weight excluding hydrogens is 681 g/mol.